The molecule has 0 amide bonds. The van der Waals surface area contributed by atoms with Crippen molar-refractivity contribution < 1.29 is 0 Å². The summed E-state index contributed by atoms with van der Waals surface area (Å²) in [5.41, 5.74) is 3.98. The van der Waals surface area contributed by atoms with Gasteiger partial charge in [0.1, 0.15) is 0 Å². The van der Waals surface area contributed by atoms with Gasteiger partial charge in [0.05, 0.1) is 0 Å². The highest BCUT2D eigenvalue weighted by Gasteiger charge is 1.98. The van der Waals surface area contributed by atoms with Crippen LogP contribution >= 0.6 is 12.6 Å². The highest BCUT2D eigenvalue weighted by atomic mass is 32.1. The molecule has 2 aromatic carbocycles. The summed E-state index contributed by atoms with van der Waals surface area (Å²) < 4.78 is 0. The van der Waals surface area contributed by atoms with Crippen molar-refractivity contribution >= 4 is 12.6 Å². The van der Waals surface area contributed by atoms with E-state index in [0.29, 0.717) is 0 Å². The van der Waals surface area contributed by atoms with Crippen LogP contribution in [0, 0.1) is 0 Å². The van der Waals surface area contributed by atoms with Crippen molar-refractivity contribution in [2.24, 2.45) is 0 Å². The summed E-state index contributed by atoms with van der Waals surface area (Å²) in [5.74, 6) is 0. The van der Waals surface area contributed by atoms with Crippen LogP contribution in [0.25, 0.3) is 11.1 Å². The molecule has 0 spiro atoms. The molecule has 0 heterocycles. The minimum absolute atomic E-state index is 1.01. The highest BCUT2D eigenvalue weighted by Crippen LogP contribution is 2.21. The van der Waals surface area contributed by atoms with E-state index in [0.717, 1.165) is 4.90 Å². The van der Waals surface area contributed by atoms with E-state index in [1.165, 1.54) is 42.4 Å². The number of hydrogen-bond acceptors (Lipinski definition) is 1. The quantitative estimate of drug-likeness (QED) is 0.539. The van der Waals surface area contributed by atoms with Gasteiger partial charge in [-0.15, -0.1) is 12.6 Å². The van der Waals surface area contributed by atoms with Crippen molar-refractivity contribution in [3.8, 4) is 11.1 Å². The molecule has 0 aliphatic rings. The molecule has 1 heteroatoms. The summed E-state index contributed by atoms with van der Waals surface area (Å²) in [4.78, 5) is 1.01. The van der Waals surface area contributed by atoms with E-state index in [1.807, 2.05) is 12.1 Å². The van der Waals surface area contributed by atoms with Gasteiger partial charge in [0, 0.05) is 4.90 Å². The monoisotopic (exact) mass is 256 g/mol. The lowest BCUT2D eigenvalue weighted by atomic mass is 10.0. The Kier molecular flexibility index (Phi) is 4.89. The summed E-state index contributed by atoms with van der Waals surface area (Å²) >= 11 is 4.31. The molecule has 0 unspecified atom stereocenters. The van der Waals surface area contributed by atoms with E-state index in [9.17, 15) is 0 Å². The molecule has 0 nitrogen and oxygen atoms in total. The number of rotatable bonds is 5. The van der Waals surface area contributed by atoms with Crippen LogP contribution in [0.5, 0.6) is 0 Å². The van der Waals surface area contributed by atoms with Crippen LogP contribution in [0.2, 0.25) is 0 Å². The van der Waals surface area contributed by atoms with Gasteiger partial charge in [-0.2, -0.15) is 0 Å². The third-order valence-corrected chi connectivity index (χ3v) is 3.52. The lowest BCUT2D eigenvalue weighted by Gasteiger charge is -2.05. The number of benzene rings is 2. The van der Waals surface area contributed by atoms with E-state index in [2.05, 4.69) is 56.0 Å². The van der Waals surface area contributed by atoms with Crippen LogP contribution in [-0.4, -0.2) is 0 Å². The predicted molar refractivity (Wildman–Crippen MR) is 82.4 cm³/mol. The first-order valence-electron chi connectivity index (χ1n) is 6.68. The third kappa shape index (κ3) is 3.64. The second-order valence-electron chi connectivity index (χ2n) is 4.70. The molecular weight excluding hydrogens is 236 g/mol. The molecule has 2 rings (SSSR count). The van der Waals surface area contributed by atoms with Crippen molar-refractivity contribution in [2.75, 3.05) is 0 Å². The molecular formula is C17H20S. The van der Waals surface area contributed by atoms with E-state index >= 15 is 0 Å². The molecule has 0 aromatic heterocycles. The topological polar surface area (TPSA) is 0 Å². The number of aryl methyl sites for hydroxylation is 1. The van der Waals surface area contributed by atoms with Gasteiger partial charge < -0.3 is 0 Å². The molecule has 2 aromatic rings. The van der Waals surface area contributed by atoms with Crippen LogP contribution in [0.3, 0.4) is 0 Å². The summed E-state index contributed by atoms with van der Waals surface area (Å²) in [7, 11) is 0. The Labute approximate surface area is 115 Å². The first kappa shape index (κ1) is 13.2. The molecule has 0 saturated heterocycles. The van der Waals surface area contributed by atoms with Crippen molar-refractivity contribution in [2.45, 2.75) is 37.5 Å². The van der Waals surface area contributed by atoms with Gasteiger partial charge in [-0.05, 0) is 41.7 Å². The molecule has 0 aliphatic carbocycles. The van der Waals surface area contributed by atoms with E-state index in [1.54, 1.807) is 0 Å². The van der Waals surface area contributed by atoms with Gasteiger partial charge in [0.15, 0.2) is 0 Å². The van der Waals surface area contributed by atoms with Crippen LogP contribution in [0.4, 0.5) is 0 Å². The maximum atomic E-state index is 4.31. The fourth-order valence-electron chi connectivity index (χ4n) is 2.10. The summed E-state index contributed by atoms with van der Waals surface area (Å²) in [6.45, 7) is 2.24. The Balaban J connectivity index is 2.05. The van der Waals surface area contributed by atoms with E-state index in [-0.39, 0.29) is 0 Å². The largest absolute Gasteiger partial charge is 0.143 e. The Bertz CT molecular complexity index is 468. The lowest BCUT2D eigenvalue weighted by molar-refractivity contribution is 0.717. The maximum Gasteiger partial charge on any atom is 0.00404 e. The second-order valence-corrected chi connectivity index (χ2v) is 5.22. The fourth-order valence-corrected chi connectivity index (χ4v) is 2.25. The average molecular weight is 256 g/mol. The van der Waals surface area contributed by atoms with Crippen LogP contribution in [0.15, 0.2) is 53.4 Å². The van der Waals surface area contributed by atoms with Crippen molar-refractivity contribution in [3.05, 3.63) is 54.1 Å². The van der Waals surface area contributed by atoms with Gasteiger partial charge in [-0.3, -0.25) is 0 Å². The first-order chi connectivity index (χ1) is 8.79. The Hall–Kier alpha value is -1.21. The Morgan fingerprint density at radius 3 is 1.89 bits per heavy atom. The molecule has 0 aliphatic heterocycles. The van der Waals surface area contributed by atoms with Crippen LogP contribution in [0.1, 0.15) is 31.7 Å². The molecule has 0 fully saturated rings. The minimum atomic E-state index is 1.01. The van der Waals surface area contributed by atoms with Gasteiger partial charge in [0.25, 0.3) is 0 Å². The molecule has 0 atom stereocenters. The Morgan fingerprint density at radius 2 is 1.33 bits per heavy atom. The summed E-state index contributed by atoms with van der Waals surface area (Å²) in [5, 5.41) is 0. The van der Waals surface area contributed by atoms with Gasteiger partial charge in [-0.25, -0.2) is 0 Å². The van der Waals surface area contributed by atoms with Crippen LogP contribution < -0.4 is 0 Å². The molecule has 18 heavy (non-hydrogen) atoms. The standard InChI is InChI=1S/C17H20S/c1-2-3-4-5-14-6-8-15(9-7-14)16-10-12-17(18)13-11-16/h6-13,18H,2-5H2,1H3. The minimum Gasteiger partial charge on any atom is -0.143 e. The van der Waals surface area contributed by atoms with Crippen molar-refractivity contribution in [1.29, 1.82) is 0 Å². The number of hydrogen-bond donors (Lipinski definition) is 1. The maximum absolute atomic E-state index is 4.31. The van der Waals surface area contributed by atoms with Crippen molar-refractivity contribution in [3.63, 3.8) is 0 Å². The number of thiol groups is 1. The normalized spacial score (nSPS) is 10.6. The first-order valence-corrected chi connectivity index (χ1v) is 7.12. The molecule has 0 N–H and O–H groups in total. The van der Waals surface area contributed by atoms with Crippen LogP contribution in [-0.2, 0) is 6.42 Å². The van der Waals surface area contributed by atoms with Gasteiger partial charge >= 0.3 is 0 Å². The van der Waals surface area contributed by atoms with Gasteiger partial charge in [0.2, 0.25) is 0 Å². The number of unbranched alkanes of at least 4 members (excludes halogenated alkanes) is 2. The average Bonchev–Trinajstić information content (AvgIpc) is 2.41. The predicted octanol–water partition coefficient (Wildman–Crippen LogP) is 5.38. The summed E-state index contributed by atoms with van der Waals surface area (Å²) in [6.07, 6.45) is 5.10. The fraction of sp³-hybridized carbons (Fsp3) is 0.294. The zero-order valence-electron chi connectivity index (χ0n) is 10.9. The molecule has 0 bridgehead atoms. The molecule has 94 valence electrons. The Morgan fingerprint density at radius 1 is 0.778 bits per heavy atom. The van der Waals surface area contributed by atoms with E-state index < -0.39 is 0 Å². The molecule has 0 radical (unpaired) electrons. The van der Waals surface area contributed by atoms with Gasteiger partial charge in [-0.1, -0.05) is 56.2 Å². The van der Waals surface area contributed by atoms with Crippen molar-refractivity contribution in [1.82, 2.24) is 0 Å². The highest BCUT2D eigenvalue weighted by molar-refractivity contribution is 7.80. The second kappa shape index (κ2) is 6.65. The SMILES string of the molecule is CCCCCc1ccc(-c2ccc(S)cc2)cc1. The smallest absolute Gasteiger partial charge is 0.00404 e. The zero-order valence-corrected chi connectivity index (χ0v) is 11.8. The third-order valence-electron chi connectivity index (χ3n) is 3.22. The lowest BCUT2D eigenvalue weighted by Crippen LogP contribution is -1.85. The summed E-state index contributed by atoms with van der Waals surface area (Å²) in [6, 6.07) is 17.2. The molecule has 0 saturated carbocycles. The zero-order chi connectivity index (χ0) is 12.8. The van der Waals surface area contributed by atoms with E-state index in [4.69, 9.17) is 0 Å².